The van der Waals surface area contributed by atoms with Gasteiger partial charge in [-0.2, -0.15) is 13.2 Å². The molecule has 0 spiro atoms. The average Bonchev–Trinajstić information content (AvgIpc) is 3.12. The third-order valence-electron chi connectivity index (χ3n) is 3.70. The standard InChI is InChI=1S/C15H17F3N4O2S/c1-9(13(23)19-8-15(16,17)18)25-14-21-20-12(10-4-5-10)22(14)7-11-3-2-6-24-11/h2-3,6,9-10H,4-5,7-8H2,1H3,(H,19,23). The molecule has 25 heavy (non-hydrogen) atoms. The lowest BCUT2D eigenvalue weighted by atomic mass is 10.3. The Balaban J connectivity index is 1.70. The van der Waals surface area contributed by atoms with Crippen molar-refractivity contribution in [2.75, 3.05) is 6.54 Å². The van der Waals surface area contributed by atoms with E-state index in [-0.39, 0.29) is 0 Å². The average molecular weight is 374 g/mol. The number of hydrogen-bond donors (Lipinski definition) is 1. The Morgan fingerprint density at radius 2 is 2.24 bits per heavy atom. The van der Waals surface area contributed by atoms with Crippen molar-refractivity contribution < 1.29 is 22.4 Å². The van der Waals surface area contributed by atoms with Gasteiger partial charge in [-0.25, -0.2) is 0 Å². The van der Waals surface area contributed by atoms with Crippen LogP contribution in [-0.4, -0.2) is 38.6 Å². The number of halogens is 3. The zero-order valence-corrected chi connectivity index (χ0v) is 14.2. The number of rotatable bonds is 7. The molecule has 1 unspecified atom stereocenters. The van der Waals surface area contributed by atoms with Crippen molar-refractivity contribution in [1.29, 1.82) is 0 Å². The fraction of sp³-hybridized carbons (Fsp3) is 0.533. The normalized spacial score (nSPS) is 16.0. The smallest absolute Gasteiger partial charge is 0.405 e. The molecule has 0 radical (unpaired) electrons. The largest absolute Gasteiger partial charge is 0.467 e. The van der Waals surface area contributed by atoms with Gasteiger partial charge < -0.3 is 9.73 Å². The maximum atomic E-state index is 12.2. The van der Waals surface area contributed by atoms with E-state index in [0.29, 0.717) is 17.6 Å². The number of carbonyl (C=O) groups excluding carboxylic acids is 1. The predicted molar refractivity (Wildman–Crippen MR) is 84.2 cm³/mol. The Bertz CT molecular complexity index is 726. The minimum atomic E-state index is -4.43. The summed E-state index contributed by atoms with van der Waals surface area (Å²) in [6, 6.07) is 3.60. The second kappa shape index (κ2) is 7.11. The summed E-state index contributed by atoms with van der Waals surface area (Å²) in [5.41, 5.74) is 0. The maximum Gasteiger partial charge on any atom is 0.405 e. The molecule has 1 saturated carbocycles. The summed E-state index contributed by atoms with van der Waals surface area (Å²) in [7, 11) is 0. The summed E-state index contributed by atoms with van der Waals surface area (Å²) in [6.07, 6.45) is -0.805. The van der Waals surface area contributed by atoms with Crippen LogP contribution in [0.3, 0.4) is 0 Å². The number of amides is 1. The minimum Gasteiger partial charge on any atom is -0.467 e. The molecule has 1 atom stereocenters. The van der Waals surface area contributed by atoms with E-state index in [1.165, 1.54) is 0 Å². The van der Waals surface area contributed by atoms with E-state index in [0.717, 1.165) is 36.2 Å². The van der Waals surface area contributed by atoms with Crippen LogP contribution in [0.4, 0.5) is 13.2 Å². The summed E-state index contributed by atoms with van der Waals surface area (Å²) in [5.74, 6) is 1.19. The van der Waals surface area contributed by atoms with Gasteiger partial charge in [0.15, 0.2) is 5.16 Å². The predicted octanol–water partition coefficient (Wildman–Crippen LogP) is 2.96. The second-order valence-corrected chi connectivity index (χ2v) is 7.18. The van der Waals surface area contributed by atoms with E-state index in [4.69, 9.17) is 4.42 Å². The molecule has 0 aliphatic heterocycles. The number of hydrogen-bond acceptors (Lipinski definition) is 5. The zero-order chi connectivity index (χ0) is 18.0. The molecule has 1 amide bonds. The van der Waals surface area contributed by atoms with E-state index in [2.05, 4.69) is 10.2 Å². The minimum absolute atomic E-state index is 0.339. The lowest BCUT2D eigenvalue weighted by Crippen LogP contribution is -2.38. The van der Waals surface area contributed by atoms with Gasteiger partial charge in [-0.05, 0) is 31.9 Å². The fourth-order valence-electron chi connectivity index (χ4n) is 2.28. The molecule has 0 saturated heterocycles. The van der Waals surface area contributed by atoms with Crippen molar-refractivity contribution in [3.8, 4) is 0 Å². The first-order chi connectivity index (χ1) is 11.8. The molecule has 1 N–H and O–H groups in total. The molecule has 2 aromatic heterocycles. The number of nitrogens with zero attached hydrogens (tertiary/aromatic N) is 3. The number of alkyl halides is 3. The van der Waals surface area contributed by atoms with E-state index < -0.39 is 23.9 Å². The van der Waals surface area contributed by atoms with Gasteiger partial charge in [-0.3, -0.25) is 9.36 Å². The molecule has 2 heterocycles. The van der Waals surface area contributed by atoms with Gasteiger partial charge in [0, 0.05) is 5.92 Å². The van der Waals surface area contributed by atoms with Gasteiger partial charge >= 0.3 is 6.18 Å². The summed E-state index contributed by atoms with van der Waals surface area (Å²) in [4.78, 5) is 11.9. The lowest BCUT2D eigenvalue weighted by Gasteiger charge is -2.14. The van der Waals surface area contributed by atoms with Crippen molar-refractivity contribution in [2.24, 2.45) is 0 Å². The van der Waals surface area contributed by atoms with E-state index in [1.54, 1.807) is 19.3 Å². The van der Waals surface area contributed by atoms with Crippen LogP contribution in [0.1, 0.15) is 37.3 Å². The van der Waals surface area contributed by atoms with E-state index >= 15 is 0 Å². The molecule has 10 heteroatoms. The topological polar surface area (TPSA) is 73.0 Å². The first-order valence-electron chi connectivity index (χ1n) is 7.80. The van der Waals surface area contributed by atoms with Crippen LogP contribution >= 0.6 is 11.8 Å². The number of carbonyl (C=O) groups is 1. The third-order valence-corrected chi connectivity index (χ3v) is 4.78. The van der Waals surface area contributed by atoms with Gasteiger partial charge in [0.25, 0.3) is 0 Å². The number of aromatic nitrogens is 3. The van der Waals surface area contributed by atoms with Crippen molar-refractivity contribution in [1.82, 2.24) is 20.1 Å². The highest BCUT2D eigenvalue weighted by Crippen LogP contribution is 2.40. The Hall–Kier alpha value is -1.97. The van der Waals surface area contributed by atoms with Gasteiger partial charge in [0.1, 0.15) is 18.1 Å². The van der Waals surface area contributed by atoms with Crippen LogP contribution in [0.2, 0.25) is 0 Å². The van der Waals surface area contributed by atoms with Crippen molar-refractivity contribution in [2.45, 2.75) is 48.8 Å². The molecule has 3 rings (SSSR count). The van der Waals surface area contributed by atoms with Crippen LogP contribution in [-0.2, 0) is 11.3 Å². The molecule has 6 nitrogen and oxygen atoms in total. The number of furan rings is 1. The van der Waals surface area contributed by atoms with Gasteiger partial charge in [-0.15, -0.1) is 10.2 Å². The molecule has 1 aliphatic carbocycles. The van der Waals surface area contributed by atoms with Crippen molar-refractivity contribution in [3.05, 3.63) is 30.0 Å². The Kier molecular flexibility index (Phi) is 5.07. The van der Waals surface area contributed by atoms with Gasteiger partial charge in [0.2, 0.25) is 5.91 Å². The highest BCUT2D eigenvalue weighted by atomic mass is 32.2. The van der Waals surface area contributed by atoms with Crippen LogP contribution in [0, 0.1) is 0 Å². The first-order valence-corrected chi connectivity index (χ1v) is 8.68. The molecule has 136 valence electrons. The third kappa shape index (κ3) is 4.77. The van der Waals surface area contributed by atoms with Crippen molar-refractivity contribution >= 4 is 17.7 Å². The summed E-state index contributed by atoms with van der Waals surface area (Å²) < 4.78 is 43.9. The summed E-state index contributed by atoms with van der Waals surface area (Å²) in [6.45, 7) is 0.618. The molecule has 0 aromatic carbocycles. The van der Waals surface area contributed by atoms with Crippen LogP contribution < -0.4 is 5.32 Å². The monoisotopic (exact) mass is 374 g/mol. The maximum absolute atomic E-state index is 12.2. The Labute approximate surface area is 146 Å². The SMILES string of the molecule is CC(Sc1nnc(C2CC2)n1Cc1ccco1)C(=O)NCC(F)(F)F. The number of thioether (sulfide) groups is 1. The van der Waals surface area contributed by atoms with Crippen molar-refractivity contribution in [3.63, 3.8) is 0 Å². The highest BCUT2D eigenvalue weighted by Gasteiger charge is 2.32. The first kappa shape index (κ1) is 17.8. The highest BCUT2D eigenvalue weighted by molar-refractivity contribution is 8.00. The van der Waals surface area contributed by atoms with Crippen LogP contribution in [0.15, 0.2) is 28.0 Å². The fourth-order valence-corrected chi connectivity index (χ4v) is 3.16. The van der Waals surface area contributed by atoms with Gasteiger partial charge in [0.05, 0.1) is 18.1 Å². The molecular weight excluding hydrogens is 357 g/mol. The molecule has 0 bridgehead atoms. The second-order valence-electron chi connectivity index (χ2n) is 5.87. The van der Waals surface area contributed by atoms with Crippen LogP contribution in [0.25, 0.3) is 0 Å². The molecule has 1 aliphatic rings. The summed E-state index contributed by atoms with van der Waals surface area (Å²) >= 11 is 1.09. The van der Waals surface area contributed by atoms with E-state index in [9.17, 15) is 18.0 Å². The van der Waals surface area contributed by atoms with Gasteiger partial charge in [-0.1, -0.05) is 11.8 Å². The van der Waals surface area contributed by atoms with E-state index in [1.807, 2.05) is 16.0 Å². The Morgan fingerprint density at radius 3 is 2.84 bits per heavy atom. The van der Waals surface area contributed by atoms with Crippen LogP contribution in [0.5, 0.6) is 0 Å². The molecular formula is C15H17F3N4O2S. The Morgan fingerprint density at radius 1 is 1.48 bits per heavy atom. The summed E-state index contributed by atoms with van der Waals surface area (Å²) in [5, 5.41) is 9.97. The number of nitrogens with one attached hydrogen (secondary N) is 1. The molecule has 2 aromatic rings. The lowest BCUT2D eigenvalue weighted by molar-refractivity contribution is -0.137. The molecule has 1 fully saturated rings. The quantitative estimate of drug-likeness (QED) is 0.755. The zero-order valence-electron chi connectivity index (χ0n) is 13.4.